The summed E-state index contributed by atoms with van der Waals surface area (Å²) in [5.41, 5.74) is 0.499. The number of ether oxygens (including phenoxy) is 2. The first-order chi connectivity index (χ1) is 8.04. The van der Waals surface area contributed by atoms with Gasteiger partial charge in [-0.15, -0.1) is 0 Å². The van der Waals surface area contributed by atoms with Gasteiger partial charge in [-0.2, -0.15) is 0 Å². The van der Waals surface area contributed by atoms with Crippen LogP contribution in [0.3, 0.4) is 0 Å². The first-order valence-corrected chi connectivity index (χ1v) is 5.51. The Bertz CT molecular complexity index is 429. The Hall–Kier alpha value is -1.55. The summed E-state index contributed by atoms with van der Waals surface area (Å²) in [6, 6.07) is 4.65. The Labute approximate surface area is 104 Å². The SMILES string of the molecule is CCOC(=O)COc1ccc(C(C)=O)cc1Cl. The first kappa shape index (κ1) is 13.5. The number of halogens is 1. The predicted molar refractivity (Wildman–Crippen MR) is 63.6 cm³/mol. The molecule has 0 heterocycles. The molecule has 0 aliphatic rings. The van der Waals surface area contributed by atoms with Crippen LogP contribution in [0.4, 0.5) is 0 Å². The summed E-state index contributed by atoms with van der Waals surface area (Å²) in [5.74, 6) is -0.187. The molecule has 0 saturated carbocycles. The van der Waals surface area contributed by atoms with Crippen LogP contribution >= 0.6 is 11.6 Å². The highest BCUT2D eigenvalue weighted by atomic mass is 35.5. The van der Waals surface area contributed by atoms with E-state index in [9.17, 15) is 9.59 Å². The predicted octanol–water partition coefficient (Wildman–Crippen LogP) is 2.48. The van der Waals surface area contributed by atoms with Gasteiger partial charge in [0.1, 0.15) is 5.75 Å². The van der Waals surface area contributed by atoms with Gasteiger partial charge in [0.15, 0.2) is 12.4 Å². The van der Waals surface area contributed by atoms with E-state index in [1.807, 2.05) is 0 Å². The molecule has 4 nitrogen and oxygen atoms in total. The van der Waals surface area contributed by atoms with Crippen molar-refractivity contribution >= 4 is 23.4 Å². The third-order valence-corrected chi connectivity index (χ3v) is 2.28. The minimum Gasteiger partial charge on any atom is -0.480 e. The molecule has 92 valence electrons. The van der Waals surface area contributed by atoms with E-state index in [1.54, 1.807) is 19.1 Å². The molecule has 0 radical (unpaired) electrons. The molecule has 1 aromatic rings. The third kappa shape index (κ3) is 4.07. The van der Waals surface area contributed by atoms with Gasteiger partial charge in [0.2, 0.25) is 0 Å². The zero-order chi connectivity index (χ0) is 12.8. The Kier molecular flexibility index (Phi) is 4.97. The highest BCUT2D eigenvalue weighted by Crippen LogP contribution is 2.25. The van der Waals surface area contributed by atoms with Gasteiger partial charge in [0.05, 0.1) is 11.6 Å². The lowest BCUT2D eigenvalue weighted by Crippen LogP contribution is -2.14. The number of ketones is 1. The van der Waals surface area contributed by atoms with Crippen LogP contribution in [0.1, 0.15) is 24.2 Å². The van der Waals surface area contributed by atoms with Gasteiger partial charge in [0.25, 0.3) is 0 Å². The number of carbonyl (C=O) groups is 2. The van der Waals surface area contributed by atoms with E-state index in [4.69, 9.17) is 21.1 Å². The van der Waals surface area contributed by atoms with Crippen molar-refractivity contribution in [2.24, 2.45) is 0 Å². The Morgan fingerprint density at radius 2 is 2.06 bits per heavy atom. The zero-order valence-electron chi connectivity index (χ0n) is 9.66. The summed E-state index contributed by atoms with van der Waals surface area (Å²) in [6.45, 7) is 3.27. The molecule has 0 amide bonds. The number of hydrogen-bond acceptors (Lipinski definition) is 4. The van der Waals surface area contributed by atoms with Gasteiger partial charge in [-0.25, -0.2) is 4.79 Å². The second-order valence-electron chi connectivity index (χ2n) is 3.30. The lowest BCUT2D eigenvalue weighted by molar-refractivity contribution is -0.145. The Morgan fingerprint density at radius 3 is 2.59 bits per heavy atom. The quantitative estimate of drug-likeness (QED) is 0.600. The van der Waals surface area contributed by atoms with Gasteiger partial charge in [-0.3, -0.25) is 4.79 Å². The van der Waals surface area contributed by atoms with Crippen molar-refractivity contribution < 1.29 is 19.1 Å². The van der Waals surface area contributed by atoms with Crippen molar-refractivity contribution in [3.05, 3.63) is 28.8 Å². The Balaban J connectivity index is 2.66. The first-order valence-electron chi connectivity index (χ1n) is 5.13. The van der Waals surface area contributed by atoms with Gasteiger partial charge in [-0.05, 0) is 32.0 Å². The van der Waals surface area contributed by atoms with Gasteiger partial charge < -0.3 is 9.47 Å². The number of rotatable bonds is 5. The van der Waals surface area contributed by atoms with Crippen molar-refractivity contribution in [2.45, 2.75) is 13.8 Å². The standard InChI is InChI=1S/C12H13ClO4/c1-3-16-12(15)7-17-11-5-4-9(8(2)14)6-10(11)13/h4-6H,3,7H2,1-2H3. The maximum absolute atomic E-state index is 11.1. The van der Waals surface area contributed by atoms with Gasteiger partial charge >= 0.3 is 5.97 Å². The lowest BCUT2D eigenvalue weighted by Gasteiger charge is -2.08. The van der Waals surface area contributed by atoms with Crippen LogP contribution in [0.25, 0.3) is 0 Å². The summed E-state index contributed by atoms with van der Waals surface area (Å²) in [5, 5.41) is 0.294. The summed E-state index contributed by atoms with van der Waals surface area (Å²) in [7, 11) is 0. The summed E-state index contributed by atoms with van der Waals surface area (Å²) in [6.07, 6.45) is 0. The smallest absolute Gasteiger partial charge is 0.344 e. The summed E-state index contributed by atoms with van der Waals surface area (Å²) < 4.78 is 9.87. The van der Waals surface area contributed by atoms with Crippen LogP contribution in [0.15, 0.2) is 18.2 Å². The highest BCUT2D eigenvalue weighted by Gasteiger charge is 2.08. The van der Waals surface area contributed by atoms with Crippen LogP contribution in [0, 0.1) is 0 Å². The molecule has 1 aromatic carbocycles. The topological polar surface area (TPSA) is 52.6 Å². The number of benzene rings is 1. The van der Waals surface area contributed by atoms with Crippen molar-refractivity contribution in [3.63, 3.8) is 0 Å². The number of esters is 1. The average molecular weight is 257 g/mol. The van der Waals surface area contributed by atoms with Crippen molar-refractivity contribution in [1.82, 2.24) is 0 Å². The minimum atomic E-state index is -0.459. The highest BCUT2D eigenvalue weighted by molar-refractivity contribution is 6.32. The second kappa shape index (κ2) is 6.25. The van der Waals surface area contributed by atoms with Crippen molar-refractivity contribution in [1.29, 1.82) is 0 Å². The van der Waals surface area contributed by atoms with Crippen LogP contribution in [0.5, 0.6) is 5.75 Å². The Morgan fingerprint density at radius 1 is 1.35 bits per heavy atom. The van der Waals surface area contributed by atoms with Crippen LogP contribution in [-0.4, -0.2) is 25.0 Å². The zero-order valence-corrected chi connectivity index (χ0v) is 10.4. The molecule has 0 saturated heterocycles. The van der Waals surface area contributed by atoms with Gasteiger partial charge in [0, 0.05) is 5.56 Å². The summed E-state index contributed by atoms with van der Waals surface area (Å²) >= 11 is 5.90. The number of carbonyl (C=O) groups excluding carboxylic acids is 2. The fourth-order valence-electron chi connectivity index (χ4n) is 1.18. The molecule has 0 unspecified atom stereocenters. The van der Waals surface area contributed by atoms with E-state index >= 15 is 0 Å². The number of Topliss-reactive ketones (excluding diaryl/α,β-unsaturated/α-hetero) is 1. The fourth-order valence-corrected chi connectivity index (χ4v) is 1.41. The maximum atomic E-state index is 11.1. The van der Waals surface area contributed by atoms with E-state index in [0.29, 0.717) is 22.9 Å². The molecule has 1 rings (SSSR count). The fraction of sp³-hybridized carbons (Fsp3) is 0.333. The number of hydrogen-bond donors (Lipinski definition) is 0. The monoisotopic (exact) mass is 256 g/mol. The molecule has 0 spiro atoms. The lowest BCUT2D eigenvalue weighted by atomic mass is 10.1. The molecule has 0 aromatic heterocycles. The molecule has 5 heteroatoms. The molecular weight excluding hydrogens is 244 g/mol. The van der Waals surface area contributed by atoms with E-state index in [2.05, 4.69) is 0 Å². The maximum Gasteiger partial charge on any atom is 0.344 e. The average Bonchev–Trinajstić information content (AvgIpc) is 2.27. The van der Waals surface area contributed by atoms with Crippen molar-refractivity contribution in [3.8, 4) is 5.75 Å². The molecule has 17 heavy (non-hydrogen) atoms. The van der Waals surface area contributed by atoms with Gasteiger partial charge in [-0.1, -0.05) is 11.6 Å². The van der Waals surface area contributed by atoms with Crippen LogP contribution in [-0.2, 0) is 9.53 Å². The normalized spacial score (nSPS) is 9.82. The third-order valence-electron chi connectivity index (χ3n) is 1.99. The molecule has 0 atom stereocenters. The molecule has 0 fully saturated rings. The van der Waals surface area contributed by atoms with E-state index in [0.717, 1.165) is 0 Å². The molecule has 0 aliphatic carbocycles. The van der Waals surface area contributed by atoms with Crippen LogP contribution < -0.4 is 4.74 Å². The minimum absolute atomic E-state index is 0.0798. The van der Waals surface area contributed by atoms with Crippen molar-refractivity contribution in [2.75, 3.05) is 13.2 Å². The van der Waals surface area contributed by atoms with Crippen LogP contribution in [0.2, 0.25) is 5.02 Å². The van der Waals surface area contributed by atoms with E-state index in [-0.39, 0.29) is 12.4 Å². The van der Waals surface area contributed by atoms with E-state index < -0.39 is 5.97 Å². The molecule has 0 aliphatic heterocycles. The van der Waals surface area contributed by atoms with E-state index in [1.165, 1.54) is 13.0 Å². The molecular formula is C12H13ClO4. The second-order valence-corrected chi connectivity index (χ2v) is 3.70. The molecule has 0 N–H and O–H groups in total. The summed E-state index contributed by atoms with van der Waals surface area (Å²) in [4.78, 5) is 22.1. The largest absolute Gasteiger partial charge is 0.480 e. The molecule has 0 bridgehead atoms.